The van der Waals surface area contributed by atoms with Crippen molar-refractivity contribution in [2.24, 2.45) is 0 Å². The molecule has 3 heteroatoms. The molecule has 0 saturated heterocycles. The fourth-order valence-electron chi connectivity index (χ4n) is 1.49. The lowest BCUT2D eigenvalue weighted by molar-refractivity contribution is 0.174. The molecule has 1 N–H and O–H groups in total. The molecule has 0 radical (unpaired) electrons. The van der Waals surface area contributed by atoms with Crippen LogP contribution in [0.5, 0.6) is 11.5 Å². The summed E-state index contributed by atoms with van der Waals surface area (Å²) in [5.74, 6) is 1.52. The summed E-state index contributed by atoms with van der Waals surface area (Å²) in [5.41, 5.74) is 0.979. The van der Waals surface area contributed by atoms with Gasteiger partial charge in [-0.2, -0.15) is 0 Å². The zero-order valence-corrected chi connectivity index (χ0v) is 8.93. The van der Waals surface area contributed by atoms with Crippen LogP contribution in [0.15, 0.2) is 36.9 Å². The van der Waals surface area contributed by atoms with Crippen molar-refractivity contribution in [3.8, 4) is 11.5 Å². The van der Waals surface area contributed by atoms with Gasteiger partial charge >= 0.3 is 0 Å². The zero-order valence-electron chi connectivity index (χ0n) is 8.93. The minimum Gasteiger partial charge on any atom is -0.454 e. The van der Waals surface area contributed by atoms with Crippen LogP contribution in [0.4, 0.5) is 0 Å². The highest BCUT2D eigenvalue weighted by Crippen LogP contribution is 2.32. The lowest BCUT2D eigenvalue weighted by atomic mass is 10.1. The van der Waals surface area contributed by atoms with Crippen molar-refractivity contribution >= 4 is 6.08 Å². The Morgan fingerprint density at radius 1 is 1.38 bits per heavy atom. The summed E-state index contributed by atoms with van der Waals surface area (Å²) in [6.07, 6.45) is 5.35. The van der Waals surface area contributed by atoms with Crippen molar-refractivity contribution in [1.29, 1.82) is 0 Å². The maximum atomic E-state index is 9.49. The quantitative estimate of drug-likeness (QED) is 0.788. The molecule has 0 amide bonds. The third kappa shape index (κ3) is 2.44. The van der Waals surface area contributed by atoms with Gasteiger partial charge in [-0.3, -0.25) is 0 Å². The molecule has 1 aliphatic rings. The molecule has 0 bridgehead atoms. The Morgan fingerprint density at radius 2 is 2.19 bits per heavy atom. The number of aliphatic hydroxyl groups excluding tert-OH is 1. The molecule has 0 spiro atoms. The molecule has 1 aromatic rings. The van der Waals surface area contributed by atoms with E-state index in [4.69, 9.17) is 9.47 Å². The third-order valence-corrected chi connectivity index (χ3v) is 2.32. The number of benzene rings is 1. The van der Waals surface area contributed by atoms with Gasteiger partial charge in [-0.15, -0.1) is 6.58 Å². The van der Waals surface area contributed by atoms with E-state index in [1.54, 1.807) is 12.2 Å². The van der Waals surface area contributed by atoms with E-state index < -0.39 is 6.10 Å². The van der Waals surface area contributed by atoms with E-state index in [0.29, 0.717) is 6.42 Å². The summed E-state index contributed by atoms with van der Waals surface area (Å²) in [6.45, 7) is 3.85. The molecule has 2 rings (SSSR count). The molecule has 1 aliphatic heterocycles. The number of fused-ring (bicyclic) bond motifs is 1. The largest absolute Gasteiger partial charge is 0.454 e. The van der Waals surface area contributed by atoms with Crippen LogP contribution < -0.4 is 9.47 Å². The second kappa shape index (κ2) is 4.86. The minimum absolute atomic E-state index is 0.279. The van der Waals surface area contributed by atoms with Crippen LogP contribution in [0, 0.1) is 0 Å². The second-order valence-electron chi connectivity index (χ2n) is 3.56. The van der Waals surface area contributed by atoms with Crippen LogP contribution in [0.2, 0.25) is 0 Å². The Labute approximate surface area is 94.6 Å². The van der Waals surface area contributed by atoms with Crippen molar-refractivity contribution in [3.05, 3.63) is 42.5 Å². The highest BCUT2D eigenvalue weighted by atomic mass is 16.7. The van der Waals surface area contributed by atoms with Gasteiger partial charge in [0.15, 0.2) is 11.5 Å². The summed E-state index contributed by atoms with van der Waals surface area (Å²) >= 11 is 0. The zero-order chi connectivity index (χ0) is 11.4. The summed E-state index contributed by atoms with van der Waals surface area (Å²) in [4.78, 5) is 0. The van der Waals surface area contributed by atoms with Gasteiger partial charge in [0.2, 0.25) is 6.79 Å². The lowest BCUT2D eigenvalue weighted by Crippen LogP contribution is -1.98. The first-order valence-corrected chi connectivity index (χ1v) is 5.16. The Morgan fingerprint density at radius 3 is 3.00 bits per heavy atom. The lowest BCUT2D eigenvalue weighted by Gasteiger charge is -2.01. The molecule has 1 atom stereocenters. The van der Waals surface area contributed by atoms with Crippen LogP contribution >= 0.6 is 0 Å². The van der Waals surface area contributed by atoms with E-state index >= 15 is 0 Å². The first-order valence-electron chi connectivity index (χ1n) is 5.16. The standard InChI is InChI=1S/C13H14O3/c1-2-3-11(14)6-4-10-5-7-12-13(8-10)16-9-15-12/h2,4-8,11,14H,1,3,9H2/b6-4+. The fraction of sp³-hybridized carbons (Fsp3) is 0.231. The summed E-state index contributed by atoms with van der Waals surface area (Å²) < 4.78 is 10.5. The third-order valence-electron chi connectivity index (χ3n) is 2.32. The maximum absolute atomic E-state index is 9.49. The number of hydrogen-bond donors (Lipinski definition) is 1. The van der Waals surface area contributed by atoms with E-state index in [9.17, 15) is 5.11 Å². The van der Waals surface area contributed by atoms with Crippen molar-refractivity contribution in [3.63, 3.8) is 0 Å². The Bertz CT molecular complexity index is 410. The smallest absolute Gasteiger partial charge is 0.231 e. The molecule has 0 aliphatic carbocycles. The van der Waals surface area contributed by atoms with E-state index in [-0.39, 0.29) is 6.79 Å². The van der Waals surface area contributed by atoms with Crippen LogP contribution in [-0.2, 0) is 0 Å². The molecule has 1 aromatic carbocycles. The molecule has 0 saturated carbocycles. The maximum Gasteiger partial charge on any atom is 0.231 e. The summed E-state index contributed by atoms with van der Waals surface area (Å²) in [7, 11) is 0. The molecule has 3 nitrogen and oxygen atoms in total. The molecule has 1 heterocycles. The normalized spacial score (nSPS) is 15.3. The highest BCUT2D eigenvalue weighted by molar-refractivity contribution is 5.56. The SMILES string of the molecule is C=CCC(O)/C=C/c1ccc2c(c1)OCO2. The van der Waals surface area contributed by atoms with Gasteiger partial charge < -0.3 is 14.6 Å². The second-order valence-corrected chi connectivity index (χ2v) is 3.56. The summed E-state index contributed by atoms with van der Waals surface area (Å²) in [6, 6.07) is 5.67. The van der Waals surface area contributed by atoms with Crippen molar-refractivity contribution in [1.82, 2.24) is 0 Å². The highest BCUT2D eigenvalue weighted by Gasteiger charge is 2.12. The van der Waals surface area contributed by atoms with E-state index in [0.717, 1.165) is 17.1 Å². The molecule has 0 fully saturated rings. The van der Waals surface area contributed by atoms with Gasteiger partial charge in [-0.25, -0.2) is 0 Å². The number of hydrogen-bond acceptors (Lipinski definition) is 3. The first kappa shape index (κ1) is 10.8. The Balaban J connectivity index is 2.07. The van der Waals surface area contributed by atoms with Crippen molar-refractivity contribution in [2.45, 2.75) is 12.5 Å². The molecule has 16 heavy (non-hydrogen) atoms. The monoisotopic (exact) mass is 218 g/mol. The van der Waals surface area contributed by atoms with E-state index in [2.05, 4.69) is 6.58 Å². The van der Waals surface area contributed by atoms with Gasteiger partial charge in [-0.1, -0.05) is 24.3 Å². The van der Waals surface area contributed by atoms with Crippen molar-refractivity contribution < 1.29 is 14.6 Å². The van der Waals surface area contributed by atoms with Gasteiger partial charge in [0.25, 0.3) is 0 Å². The molecular formula is C13H14O3. The average molecular weight is 218 g/mol. The van der Waals surface area contributed by atoms with Crippen LogP contribution in [0.1, 0.15) is 12.0 Å². The predicted molar refractivity (Wildman–Crippen MR) is 62.4 cm³/mol. The fourth-order valence-corrected chi connectivity index (χ4v) is 1.49. The topological polar surface area (TPSA) is 38.7 Å². The first-order chi connectivity index (χ1) is 7.79. The number of aliphatic hydroxyl groups is 1. The molecule has 1 unspecified atom stereocenters. The average Bonchev–Trinajstić information content (AvgIpc) is 2.74. The Kier molecular flexibility index (Phi) is 3.27. The van der Waals surface area contributed by atoms with Gasteiger partial charge in [0, 0.05) is 0 Å². The Hall–Kier alpha value is -1.74. The van der Waals surface area contributed by atoms with E-state index in [1.165, 1.54) is 0 Å². The van der Waals surface area contributed by atoms with Crippen LogP contribution in [0.25, 0.3) is 6.08 Å². The molecular weight excluding hydrogens is 204 g/mol. The van der Waals surface area contributed by atoms with Gasteiger partial charge in [-0.05, 0) is 24.1 Å². The number of rotatable bonds is 4. The van der Waals surface area contributed by atoms with Crippen molar-refractivity contribution in [2.75, 3.05) is 6.79 Å². The molecule has 84 valence electrons. The van der Waals surface area contributed by atoms with Gasteiger partial charge in [0.1, 0.15) is 0 Å². The summed E-state index contributed by atoms with van der Waals surface area (Å²) in [5, 5.41) is 9.49. The minimum atomic E-state index is -0.483. The predicted octanol–water partition coefficient (Wildman–Crippen LogP) is 2.37. The van der Waals surface area contributed by atoms with Gasteiger partial charge in [0.05, 0.1) is 6.10 Å². The molecule has 0 aromatic heterocycles. The van der Waals surface area contributed by atoms with E-state index in [1.807, 2.05) is 24.3 Å². The van der Waals surface area contributed by atoms with Crippen LogP contribution in [0.3, 0.4) is 0 Å². The number of ether oxygens (including phenoxy) is 2. The van der Waals surface area contributed by atoms with Crippen LogP contribution in [-0.4, -0.2) is 18.0 Å².